The first-order valence-electron chi connectivity index (χ1n) is 11.9. The Morgan fingerprint density at radius 2 is 1.97 bits per heavy atom. The number of nitrogens with two attached hydrogens (primary N) is 1. The number of pyridine rings is 1. The Morgan fingerprint density at radius 1 is 1.05 bits per heavy atom. The minimum Gasteiger partial charge on any atom is -0.496 e. The van der Waals surface area contributed by atoms with Crippen LogP contribution in [-0.2, 0) is 26.1 Å². The van der Waals surface area contributed by atoms with Crippen LogP contribution in [0.2, 0.25) is 0 Å². The van der Waals surface area contributed by atoms with Crippen LogP contribution in [-0.4, -0.2) is 27.0 Å². The summed E-state index contributed by atoms with van der Waals surface area (Å²) in [6, 6.07) is 14.0. The van der Waals surface area contributed by atoms with Gasteiger partial charge in [-0.1, -0.05) is 24.2 Å². The van der Waals surface area contributed by atoms with Gasteiger partial charge in [-0.2, -0.15) is 5.10 Å². The third kappa shape index (κ3) is 5.71. The van der Waals surface area contributed by atoms with Crippen LogP contribution < -0.4 is 19.9 Å². The van der Waals surface area contributed by atoms with Gasteiger partial charge in [0.1, 0.15) is 23.5 Å². The van der Waals surface area contributed by atoms with E-state index in [9.17, 15) is 0 Å². The molecular weight excluding hydrogens is 488 g/mol. The lowest BCUT2D eigenvalue weighted by Gasteiger charge is -2.13. The van der Waals surface area contributed by atoms with Crippen molar-refractivity contribution >= 4 is 28.7 Å². The van der Waals surface area contributed by atoms with E-state index >= 15 is 0 Å². The fraction of sp³-hybridized carbons (Fsp3) is 0.222. The van der Waals surface area contributed by atoms with Gasteiger partial charge >= 0.3 is 0 Å². The molecule has 190 valence electrons. The van der Waals surface area contributed by atoms with Crippen LogP contribution in [0, 0.1) is 0 Å². The molecule has 0 saturated heterocycles. The van der Waals surface area contributed by atoms with Crippen LogP contribution in [0.4, 0.5) is 5.82 Å². The van der Waals surface area contributed by atoms with Crippen molar-refractivity contribution in [2.24, 2.45) is 5.73 Å². The second kappa shape index (κ2) is 11.4. The Morgan fingerprint density at radius 3 is 2.73 bits per heavy atom. The van der Waals surface area contributed by atoms with E-state index in [1.807, 2.05) is 41.2 Å². The van der Waals surface area contributed by atoms with Gasteiger partial charge in [0.05, 0.1) is 24.7 Å². The largest absolute Gasteiger partial charge is 0.496 e. The van der Waals surface area contributed by atoms with E-state index in [4.69, 9.17) is 19.7 Å². The number of nitrogens with one attached hydrogen (secondary N) is 1. The quantitative estimate of drug-likeness (QED) is 0.229. The maximum Gasteiger partial charge on any atom is 0.191 e. The van der Waals surface area contributed by atoms with Crippen molar-refractivity contribution in [1.82, 2.24) is 19.9 Å². The van der Waals surface area contributed by atoms with Crippen LogP contribution in [0.15, 0.2) is 76.7 Å². The van der Waals surface area contributed by atoms with E-state index in [1.165, 1.54) is 17.5 Å². The molecule has 3 heterocycles. The number of fused-ring (bicyclic) bond motifs is 1. The molecule has 0 fully saturated rings. The Balaban J connectivity index is 1.36. The second-order valence-electron chi connectivity index (χ2n) is 8.44. The molecule has 0 unspecified atom stereocenters. The van der Waals surface area contributed by atoms with Crippen LogP contribution in [0.5, 0.6) is 11.5 Å². The number of hydrogen-bond donors (Lipinski definition) is 2. The molecule has 0 spiro atoms. The zero-order valence-electron chi connectivity index (χ0n) is 20.7. The van der Waals surface area contributed by atoms with E-state index in [1.54, 1.807) is 25.7 Å². The molecule has 5 aromatic rings. The fourth-order valence-corrected chi connectivity index (χ4v) is 4.70. The third-order valence-corrected chi connectivity index (χ3v) is 6.71. The molecule has 0 aliphatic heterocycles. The Hall–Kier alpha value is -4.02. The number of hydrogen-bond acceptors (Lipinski definition) is 9. The highest BCUT2D eigenvalue weighted by Gasteiger charge is 2.17. The van der Waals surface area contributed by atoms with Gasteiger partial charge in [0, 0.05) is 36.3 Å². The first-order valence-corrected chi connectivity index (χ1v) is 12.7. The van der Waals surface area contributed by atoms with Crippen molar-refractivity contribution in [3.8, 4) is 11.5 Å². The minimum absolute atomic E-state index is 0.430. The molecule has 3 N–H and O–H groups in total. The van der Waals surface area contributed by atoms with Crippen molar-refractivity contribution in [1.29, 1.82) is 0 Å². The van der Waals surface area contributed by atoms with Crippen molar-refractivity contribution in [3.05, 3.63) is 89.5 Å². The number of benzene rings is 2. The van der Waals surface area contributed by atoms with Gasteiger partial charge in [-0.15, -0.1) is 0 Å². The molecule has 0 aliphatic carbocycles. The Labute approximate surface area is 219 Å². The van der Waals surface area contributed by atoms with Gasteiger partial charge < -0.3 is 24.5 Å². The molecule has 10 heteroatoms. The van der Waals surface area contributed by atoms with Gasteiger partial charge in [-0.3, -0.25) is 9.67 Å². The molecule has 5 rings (SSSR count). The predicted molar refractivity (Wildman–Crippen MR) is 144 cm³/mol. The fourth-order valence-electron chi connectivity index (χ4n) is 3.92. The molecular formula is C27H28N6O3S. The molecule has 2 aromatic carbocycles. The summed E-state index contributed by atoms with van der Waals surface area (Å²) in [5.74, 6) is 2.02. The third-order valence-electron chi connectivity index (χ3n) is 5.88. The predicted octanol–water partition coefficient (Wildman–Crippen LogP) is 5.20. The number of aryl methyl sites for hydroxylation is 1. The summed E-state index contributed by atoms with van der Waals surface area (Å²) in [4.78, 5) is 5.11. The summed E-state index contributed by atoms with van der Waals surface area (Å²) in [6.07, 6.45) is 8.17. The average molecular weight is 517 g/mol. The summed E-state index contributed by atoms with van der Waals surface area (Å²) in [6.45, 7) is 3.57. The number of anilines is 1. The summed E-state index contributed by atoms with van der Waals surface area (Å²) in [7, 11) is 1.64. The first kappa shape index (κ1) is 24.7. The Bertz CT molecular complexity index is 1480. The molecule has 3 aromatic heterocycles. The van der Waals surface area contributed by atoms with E-state index in [0.29, 0.717) is 36.8 Å². The van der Waals surface area contributed by atoms with E-state index < -0.39 is 0 Å². The molecule has 9 nitrogen and oxygen atoms in total. The average Bonchev–Trinajstić information content (AvgIpc) is 3.57. The first-order chi connectivity index (χ1) is 18.2. The van der Waals surface area contributed by atoms with E-state index in [-0.39, 0.29) is 0 Å². The zero-order chi connectivity index (χ0) is 25.6. The van der Waals surface area contributed by atoms with Crippen LogP contribution in [0.3, 0.4) is 0 Å². The second-order valence-corrected chi connectivity index (χ2v) is 9.29. The van der Waals surface area contributed by atoms with E-state index in [0.717, 1.165) is 39.1 Å². The summed E-state index contributed by atoms with van der Waals surface area (Å²) in [5, 5.41) is 9.41. The summed E-state index contributed by atoms with van der Waals surface area (Å²) < 4.78 is 22.7. The highest BCUT2D eigenvalue weighted by Crippen LogP contribution is 2.38. The molecule has 0 aliphatic rings. The zero-order valence-corrected chi connectivity index (χ0v) is 21.5. The van der Waals surface area contributed by atoms with Crippen molar-refractivity contribution < 1.29 is 14.0 Å². The maximum absolute atomic E-state index is 6.12. The lowest BCUT2D eigenvalue weighted by Crippen LogP contribution is -2.01. The van der Waals surface area contributed by atoms with Gasteiger partial charge in [-0.05, 0) is 59.8 Å². The number of nitrogens with zero attached hydrogens (tertiary/aromatic N) is 4. The highest BCUT2D eigenvalue weighted by atomic mass is 32.2. The van der Waals surface area contributed by atoms with Crippen molar-refractivity contribution in [3.63, 3.8) is 0 Å². The summed E-state index contributed by atoms with van der Waals surface area (Å²) >= 11 is 1.42. The molecule has 0 radical (unpaired) electrons. The lowest BCUT2D eigenvalue weighted by molar-refractivity contribution is 0.298. The van der Waals surface area contributed by atoms with Crippen LogP contribution >= 0.6 is 11.9 Å². The summed E-state index contributed by atoms with van der Waals surface area (Å²) in [5.41, 5.74) is 10.5. The monoisotopic (exact) mass is 516 g/mol. The van der Waals surface area contributed by atoms with Crippen LogP contribution in [0.25, 0.3) is 11.0 Å². The lowest BCUT2D eigenvalue weighted by atomic mass is 10.1. The molecule has 37 heavy (non-hydrogen) atoms. The van der Waals surface area contributed by atoms with E-state index in [2.05, 4.69) is 39.0 Å². The van der Waals surface area contributed by atoms with Crippen molar-refractivity contribution in [2.75, 3.05) is 11.8 Å². The standard InChI is InChI=1S/C27H28N6O3S/c1-3-18-6-7-22(35-17-19-5-4-8-29-13-19)25(11-18)37-32-27-26-23(34-2)9-20(10-24(26)36-31-27)15-33-16-21(12-28)14-30-33/h4-11,13-14,16H,3,12,15,17,28H2,1-2H3,(H,31,32). The molecule has 0 bridgehead atoms. The number of methoxy groups -OCH3 is 1. The highest BCUT2D eigenvalue weighted by molar-refractivity contribution is 8.00. The SMILES string of the molecule is CCc1ccc(OCc2cccnc2)c(SNc2noc3cc(Cn4cc(CN)cn4)cc(OC)c23)c1. The van der Waals surface area contributed by atoms with Gasteiger partial charge in [0.2, 0.25) is 0 Å². The smallest absolute Gasteiger partial charge is 0.191 e. The number of rotatable bonds is 11. The van der Waals surface area contributed by atoms with Gasteiger partial charge in [-0.25, -0.2) is 0 Å². The number of aromatic nitrogens is 4. The van der Waals surface area contributed by atoms with Crippen LogP contribution in [0.1, 0.15) is 29.2 Å². The topological polar surface area (TPSA) is 113 Å². The van der Waals surface area contributed by atoms with Gasteiger partial charge in [0.25, 0.3) is 0 Å². The number of ether oxygens (including phenoxy) is 2. The minimum atomic E-state index is 0.430. The molecule has 0 atom stereocenters. The van der Waals surface area contributed by atoms with Crippen molar-refractivity contribution in [2.45, 2.75) is 37.9 Å². The maximum atomic E-state index is 6.12. The Kier molecular flexibility index (Phi) is 7.57. The molecule has 0 amide bonds. The normalized spacial score (nSPS) is 11.1. The molecule has 0 saturated carbocycles. The van der Waals surface area contributed by atoms with Gasteiger partial charge in [0.15, 0.2) is 11.4 Å².